The molecule has 3 rings (SSSR count). The van der Waals surface area contributed by atoms with Crippen molar-refractivity contribution in [2.75, 3.05) is 11.9 Å². The predicted octanol–water partition coefficient (Wildman–Crippen LogP) is 0.630. The van der Waals surface area contributed by atoms with Crippen molar-refractivity contribution in [3.8, 4) is 0 Å². The molecule has 0 aromatic carbocycles. The summed E-state index contributed by atoms with van der Waals surface area (Å²) in [4.78, 5) is 7.84. The second-order valence-corrected chi connectivity index (χ2v) is 3.86. The van der Waals surface area contributed by atoms with Gasteiger partial charge in [0, 0.05) is 25.6 Å². The number of nitrogens with one attached hydrogen (secondary N) is 3. The maximum Gasteiger partial charge on any atom is 0.200 e. The van der Waals surface area contributed by atoms with Crippen LogP contribution in [0.25, 0.3) is 0 Å². The first-order chi connectivity index (χ1) is 6.42. The molecule has 4 nitrogen and oxygen atoms in total. The van der Waals surface area contributed by atoms with Crippen molar-refractivity contribution in [1.82, 2.24) is 15.3 Å². The normalized spacial score (nSPS) is 21.2. The standard InChI is InChI=1S/C9H14N4/c1-2-6(1)11-9-12-7-3-4-10-5-8(7)13-9/h6,10H,1-5H2,(H2,11,12,13). The molecule has 1 aliphatic heterocycles. The molecule has 2 aliphatic rings. The maximum absolute atomic E-state index is 4.52. The van der Waals surface area contributed by atoms with E-state index in [1.807, 2.05) is 0 Å². The molecule has 0 radical (unpaired) electrons. The fourth-order valence-corrected chi connectivity index (χ4v) is 1.71. The summed E-state index contributed by atoms with van der Waals surface area (Å²) in [7, 11) is 0. The van der Waals surface area contributed by atoms with Crippen LogP contribution in [-0.2, 0) is 13.0 Å². The smallest absolute Gasteiger partial charge is 0.200 e. The number of H-pyrrole nitrogens is 1. The zero-order chi connectivity index (χ0) is 8.67. The Balaban J connectivity index is 1.81. The summed E-state index contributed by atoms with van der Waals surface area (Å²) in [6.07, 6.45) is 3.64. The Kier molecular flexibility index (Phi) is 1.55. The average Bonchev–Trinajstić information content (AvgIpc) is 2.85. The van der Waals surface area contributed by atoms with Crippen molar-refractivity contribution >= 4 is 5.95 Å². The molecule has 0 atom stereocenters. The van der Waals surface area contributed by atoms with Gasteiger partial charge in [0.15, 0.2) is 0 Å². The van der Waals surface area contributed by atoms with Crippen molar-refractivity contribution in [2.45, 2.75) is 31.8 Å². The van der Waals surface area contributed by atoms with E-state index < -0.39 is 0 Å². The molecular formula is C9H14N4. The van der Waals surface area contributed by atoms with Crippen molar-refractivity contribution < 1.29 is 0 Å². The number of aromatic amines is 1. The van der Waals surface area contributed by atoms with Crippen LogP contribution in [0.2, 0.25) is 0 Å². The Morgan fingerprint density at radius 3 is 3.08 bits per heavy atom. The molecule has 13 heavy (non-hydrogen) atoms. The number of imidazole rings is 1. The Bertz CT molecular complexity index is 290. The third-order valence-corrected chi connectivity index (χ3v) is 2.62. The Hall–Kier alpha value is -1.03. The van der Waals surface area contributed by atoms with Gasteiger partial charge in [-0.05, 0) is 12.8 Å². The highest BCUT2D eigenvalue weighted by Gasteiger charge is 2.23. The van der Waals surface area contributed by atoms with Gasteiger partial charge < -0.3 is 15.6 Å². The Morgan fingerprint density at radius 2 is 2.31 bits per heavy atom. The number of fused-ring (bicyclic) bond motifs is 1. The van der Waals surface area contributed by atoms with Crippen LogP contribution in [0.15, 0.2) is 0 Å². The van der Waals surface area contributed by atoms with Gasteiger partial charge in [0.1, 0.15) is 0 Å². The lowest BCUT2D eigenvalue weighted by atomic mass is 10.2. The molecule has 1 aromatic rings. The van der Waals surface area contributed by atoms with Crippen molar-refractivity contribution in [2.24, 2.45) is 0 Å². The topological polar surface area (TPSA) is 52.7 Å². The van der Waals surface area contributed by atoms with Gasteiger partial charge in [0.05, 0.1) is 11.4 Å². The van der Waals surface area contributed by atoms with Gasteiger partial charge in [-0.25, -0.2) is 4.98 Å². The number of hydrogen-bond donors (Lipinski definition) is 3. The highest BCUT2D eigenvalue weighted by atomic mass is 15.2. The molecule has 1 saturated carbocycles. The summed E-state index contributed by atoms with van der Waals surface area (Å²) < 4.78 is 0. The second-order valence-electron chi connectivity index (χ2n) is 3.86. The van der Waals surface area contributed by atoms with Gasteiger partial charge >= 0.3 is 0 Å². The maximum atomic E-state index is 4.52. The minimum absolute atomic E-state index is 0.681. The molecule has 0 saturated heterocycles. The van der Waals surface area contributed by atoms with Crippen LogP contribution in [0.5, 0.6) is 0 Å². The van der Waals surface area contributed by atoms with Crippen LogP contribution in [0, 0.1) is 0 Å². The minimum Gasteiger partial charge on any atom is -0.353 e. The molecule has 4 heteroatoms. The molecule has 2 heterocycles. The summed E-state index contributed by atoms with van der Waals surface area (Å²) in [5, 5.41) is 6.70. The van der Waals surface area contributed by atoms with Crippen LogP contribution in [0.4, 0.5) is 5.95 Å². The lowest BCUT2D eigenvalue weighted by Crippen LogP contribution is -2.23. The van der Waals surface area contributed by atoms with Crippen molar-refractivity contribution in [3.63, 3.8) is 0 Å². The first-order valence-electron chi connectivity index (χ1n) is 4.97. The van der Waals surface area contributed by atoms with E-state index in [2.05, 4.69) is 20.6 Å². The Labute approximate surface area is 77.1 Å². The molecule has 1 fully saturated rings. The molecule has 70 valence electrons. The molecule has 0 bridgehead atoms. The largest absolute Gasteiger partial charge is 0.353 e. The van der Waals surface area contributed by atoms with Crippen LogP contribution >= 0.6 is 0 Å². The molecule has 1 aliphatic carbocycles. The van der Waals surface area contributed by atoms with E-state index >= 15 is 0 Å². The van der Waals surface area contributed by atoms with Gasteiger partial charge in [0.2, 0.25) is 5.95 Å². The van der Waals surface area contributed by atoms with Crippen LogP contribution in [-0.4, -0.2) is 22.6 Å². The first-order valence-corrected chi connectivity index (χ1v) is 4.97. The third-order valence-electron chi connectivity index (χ3n) is 2.62. The monoisotopic (exact) mass is 178 g/mol. The number of rotatable bonds is 2. The number of hydrogen-bond acceptors (Lipinski definition) is 3. The van der Waals surface area contributed by atoms with Gasteiger partial charge in [-0.2, -0.15) is 0 Å². The first kappa shape index (κ1) is 7.38. The van der Waals surface area contributed by atoms with Gasteiger partial charge in [0.25, 0.3) is 0 Å². The summed E-state index contributed by atoms with van der Waals surface area (Å²) in [6, 6.07) is 0.681. The zero-order valence-corrected chi connectivity index (χ0v) is 7.56. The summed E-state index contributed by atoms with van der Waals surface area (Å²) in [6.45, 7) is 2.00. The number of aromatic nitrogens is 2. The van der Waals surface area contributed by atoms with E-state index in [1.54, 1.807) is 0 Å². The molecule has 0 unspecified atom stereocenters. The fourth-order valence-electron chi connectivity index (χ4n) is 1.71. The zero-order valence-electron chi connectivity index (χ0n) is 7.56. The van der Waals surface area contributed by atoms with E-state index in [-0.39, 0.29) is 0 Å². The molecule has 0 spiro atoms. The van der Waals surface area contributed by atoms with Crippen LogP contribution in [0.3, 0.4) is 0 Å². The number of anilines is 1. The molecule has 0 amide bonds. The van der Waals surface area contributed by atoms with E-state index in [4.69, 9.17) is 0 Å². The predicted molar refractivity (Wildman–Crippen MR) is 50.6 cm³/mol. The van der Waals surface area contributed by atoms with E-state index in [0.29, 0.717) is 6.04 Å². The fraction of sp³-hybridized carbons (Fsp3) is 0.667. The quantitative estimate of drug-likeness (QED) is 0.622. The van der Waals surface area contributed by atoms with Gasteiger partial charge in [-0.15, -0.1) is 0 Å². The van der Waals surface area contributed by atoms with E-state index in [0.717, 1.165) is 25.5 Å². The second kappa shape index (κ2) is 2.73. The third kappa shape index (κ3) is 1.42. The van der Waals surface area contributed by atoms with E-state index in [9.17, 15) is 0 Å². The molecular weight excluding hydrogens is 164 g/mol. The van der Waals surface area contributed by atoms with Crippen LogP contribution < -0.4 is 10.6 Å². The van der Waals surface area contributed by atoms with Gasteiger partial charge in [-0.1, -0.05) is 0 Å². The summed E-state index contributed by atoms with van der Waals surface area (Å²) in [5.41, 5.74) is 2.50. The highest BCUT2D eigenvalue weighted by molar-refractivity contribution is 5.34. The lowest BCUT2D eigenvalue weighted by molar-refractivity contribution is 0.627. The Morgan fingerprint density at radius 1 is 1.38 bits per heavy atom. The summed E-state index contributed by atoms with van der Waals surface area (Å²) in [5.74, 6) is 0.969. The summed E-state index contributed by atoms with van der Waals surface area (Å²) >= 11 is 0. The molecule has 1 aromatic heterocycles. The lowest BCUT2D eigenvalue weighted by Gasteiger charge is -2.09. The van der Waals surface area contributed by atoms with Crippen LogP contribution in [0.1, 0.15) is 24.2 Å². The highest BCUT2D eigenvalue weighted by Crippen LogP contribution is 2.24. The van der Waals surface area contributed by atoms with Crippen molar-refractivity contribution in [3.05, 3.63) is 11.4 Å². The van der Waals surface area contributed by atoms with E-state index in [1.165, 1.54) is 24.2 Å². The minimum atomic E-state index is 0.681. The van der Waals surface area contributed by atoms with Crippen molar-refractivity contribution in [1.29, 1.82) is 0 Å². The molecule has 3 N–H and O–H groups in total. The average molecular weight is 178 g/mol. The number of nitrogens with zero attached hydrogens (tertiary/aromatic N) is 1. The SMILES string of the molecule is C1Cc2nc(NC3CC3)[nH]c2CN1. The van der Waals surface area contributed by atoms with Gasteiger partial charge in [-0.3, -0.25) is 0 Å².